The molecule has 0 aliphatic heterocycles. The van der Waals surface area contributed by atoms with Gasteiger partial charge < -0.3 is 4.74 Å². The molecule has 0 unspecified atom stereocenters. The summed E-state index contributed by atoms with van der Waals surface area (Å²) in [5.74, 6) is 0.800. The van der Waals surface area contributed by atoms with Gasteiger partial charge >= 0.3 is 0 Å². The van der Waals surface area contributed by atoms with E-state index in [1.165, 1.54) is 0 Å². The number of para-hydroxylation sites is 2. The van der Waals surface area contributed by atoms with E-state index >= 15 is 0 Å². The fraction of sp³-hybridized carbons (Fsp3) is 0.333. The van der Waals surface area contributed by atoms with Gasteiger partial charge in [0.2, 0.25) is 0 Å². The van der Waals surface area contributed by atoms with E-state index in [1.54, 1.807) is 0 Å². The van der Waals surface area contributed by atoms with Crippen molar-refractivity contribution in [3.05, 3.63) is 24.3 Å². The smallest absolute Gasteiger partial charge is 0.143 e. The van der Waals surface area contributed by atoms with Crippen LogP contribution in [0, 0.1) is 0 Å². The van der Waals surface area contributed by atoms with Crippen LogP contribution in [0.3, 0.4) is 0 Å². The lowest BCUT2D eigenvalue weighted by Gasteiger charge is -2.08. The zero-order chi connectivity index (χ0) is 8.81. The monoisotopic (exact) mass is 185 g/mol. The van der Waals surface area contributed by atoms with Crippen LogP contribution in [0.25, 0.3) is 0 Å². The molecule has 1 aromatic carbocycles. The van der Waals surface area contributed by atoms with Gasteiger partial charge in [-0.2, -0.15) is 0 Å². The molecular formula is C9H12ClNO. The van der Waals surface area contributed by atoms with E-state index in [2.05, 4.69) is 11.8 Å². The van der Waals surface area contributed by atoms with Gasteiger partial charge in [0.25, 0.3) is 0 Å². The molecule has 0 aliphatic carbocycles. The maximum atomic E-state index is 5.48. The third-order valence-corrected chi connectivity index (χ3v) is 1.65. The molecule has 0 saturated carbocycles. The van der Waals surface area contributed by atoms with Crippen molar-refractivity contribution in [3.8, 4) is 5.75 Å². The average molecular weight is 186 g/mol. The molecule has 3 heteroatoms. The first kappa shape index (κ1) is 9.20. The Kier molecular flexibility index (Phi) is 3.74. The lowest BCUT2D eigenvalue weighted by molar-refractivity contribution is 0.319. The molecule has 0 aromatic heterocycles. The SMILES string of the molecule is CCCOc1ccccc1NCl. The van der Waals surface area contributed by atoms with Gasteiger partial charge in [0.05, 0.1) is 12.3 Å². The molecule has 0 aliphatic rings. The number of rotatable bonds is 4. The summed E-state index contributed by atoms with van der Waals surface area (Å²) in [4.78, 5) is 2.55. The Balaban J connectivity index is 2.68. The summed E-state index contributed by atoms with van der Waals surface area (Å²) < 4.78 is 5.43. The molecule has 1 aromatic rings. The first-order valence-electron chi connectivity index (χ1n) is 3.97. The third-order valence-electron chi connectivity index (χ3n) is 1.45. The molecule has 0 saturated heterocycles. The minimum absolute atomic E-state index is 0.718. The van der Waals surface area contributed by atoms with Gasteiger partial charge in [-0.05, 0) is 18.6 Å². The van der Waals surface area contributed by atoms with Gasteiger partial charge in [-0.15, -0.1) is 0 Å². The van der Waals surface area contributed by atoms with Crippen molar-refractivity contribution < 1.29 is 4.74 Å². The van der Waals surface area contributed by atoms with Crippen molar-refractivity contribution in [3.63, 3.8) is 0 Å². The second-order valence-corrected chi connectivity index (χ2v) is 2.63. The van der Waals surface area contributed by atoms with Crippen LogP contribution in [-0.4, -0.2) is 6.61 Å². The van der Waals surface area contributed by atoms with Gasteiger partial charge in [0, 0.05) is 11.8 Å². The highest BCUT2D eigenvalue weighted by Gasteiger charge is 1.98. The van der Waals surface area contributed by atoms with E-state index in [9.17, 15) is 0 Å². The first-order chi connectivity index (χ1) is 5.88. The summed E-state index contributed by atoms with van der Waals surface area (Å²) in [6, 6.07) is 7.59. The van der Waals surface area contributed by atoms with Crippen LogP contribution in [0.2, 0.25) is 0 Å². The summed E-state index contributed by atoms with van der Waals surface area (Å²) in [7, 11) is 0. The minimum Gasteiger partial charge on any atom is -0.491 e. The fourth-order valence-electron chi connectivity index (χ4n) is 0.883. The molecule has 0 fully saturated rings. The summed E-state index contributed by atoms with van der Waals surface area (Å²) in [6.07, 6.45) is 0.997. The topological polar surface area (TPSA) is 21.3 Å². The Labute approximate surface area is 77.6 Å². The van der Waals surface area contributed by atoms with Gasteiger partial charge in [-0.3, -0.25) is 4.84 Å². The maximum absolute atomic E-state index is 5.48. The number of hydrogen-bond donors (Lipinski definition) is 1. The number of nitrogens with one attached hydrogen (secondary N) is 1. The van der Waals surface area contributed by atoms with E-state index in [0.29, 0.717) is 0 Å². The largest absolute Gasteiger partial charge is 0.491 e. The normalized spacial score (nSPS) is 9.50. The van der Waals surface area contributed by atoms with Crippen molar-refractivity contribution in [2.45, 2.75) is 13.3 Å². The molecule has 0 spiro atoms. The van der Waals surface area contributed by atoms with Gasteiger partial charge in [0.15, 0.2) is 0 Å². The number of benzene rings is 1. The zero-order valence-electron chi connectivity index (χ0n) is 7.01. The van der Waals surface area contributed by atoms with Crippen molar-refractivity contribution >= 4 is 17.5 Å². The number of halogens is 1. The average Bonchev–Trinajstić information content (AvgIpc) is 2.15. The van der Waals surface area contributed by atoms with Crippen LogP contribution in [0.1, 0.15) is 13.3 Å². The van der Waals surface area contributed by atoms with Crippen LogP contribution < -0.4 is 9.57 Å². The van der Waals surface area contributed by atoms with Crippen LogP contribution in [0.5, 0.6) is 5.75 Å². The molecule has 0 amide bonds. The lowest BCUT2D eigenvalue weighted by Crippen LogP contribution is -1.96. The van der Waals surface area contributed by atoms with Crippen LogP contribution in [0.4, 0.5) is 5.69 Å². The predicted octanol–water partition coefficient (Wildman–Crippen LogP) is 3.04. The van der Waals surface area contributed by atoms with Crippen LogP contribution in [-0.2, 0) is 0 Å². The number of hydrogen-bond acceptors (Lipinski definition) is 2. The Bertz CT molecular complexity index is 240. The Morgan fingerprint density at radius 3 is 2.83 bits per heavy atom. The molecule has 0 radical (unpaired) electrons. The van der Waals surface area contributed by atoms with Crippen LogP contribution >= 0.6 is 11.8 Å². The zero-order valence-corrected chi connectivity index (χ0v) is 7.77. The van der Waals surface area contributed by atoms with Gasteiger partial charge in [-0.25, -0.2) is 0 Å². The molecule has 0 bridgehead atoms. The number of anilines is 1. The molecular weight excluding hydrogens is 174 g/mol. The predicted molar refractivity (Wildman–Crippen MR) is 51.7 cm³/mol. The molecule has 2 nitrogen and oxygen atoms in total. The van der Waals surface area contributed by atoms with Crippen LogP contribution in [0.15, 0.2) is 24.3 Å². The van der Waals surface area contributed by atoms with Crippen molar-refractivity contribution in [1.29, 1.82) is 0 Å². The van der Waals surface area contributed by atoms with Gasteiger partial charge in [-0.1, -0.05) is 19.1 Å². The molecule has 1 N–H and O–H groups in total. The number of ether oxygens (including phenoxy) is 1. The molecule has 0 atom stereocenters. The molecule has 0 heterocycles. The second kappa shape index (κ2) is 4.88. The molecule has 66 valence electrons. The van der Waals surface area contributed by atoms with E-state index in [4.69, 9.17) is 16.5 Å². The highest BCUT2D eigenvalue weighted by atomic mass is 35.5. The van der Waals surface area contributed by atoms with E-state index in [-0.39, 0.29) is 0 Å². The summed E-state index contributed by atoms with van der Waals surface area (Å²) in [5.41, 5.74) is 0.813. The fourth-order valence-corrected chi connectivity index (χ4v) is 1.04. The van der Waals surface area contributed by atoms with Crippen molar-refractivity contribution in [2.75, 3.05) is 11.4 Å². The first-order valence-corrected chi connectivity index (χ1v) is 4.34. The maximum Gasteiger partial charge on any atom is 0.143 e. The lowest BCUT2D eigenvalue weighted by atomic mass is 10.3. The quantitative estimate of drug-likeness (QED) is 0.729. The van der Waals surface area contributed by atoms with Crippen molar-refractivity contribution in [1.82, 2.24) is 0 Å². The highest BCUT2D eigenvalue weighted by molar-refractivity contribution is 6.24. The van der Waals surface area contributed by atoms with Gasteiger partial charge in [0.1, 0.15) is 5.75 Å². The summed E-state index contributed by atoms with van der Waals surface area (Å²) >= 11 is 5.48. The Morgan fingerprint density at radius 1 is 1.42 bits per heavy atom. The van der Waals surface area contributed by atoms with Crippen molar-refractivity contribution in [2.24, 2.45) is 0 Å². The highest BCUT2D eigenvalue weighted by Crippen LogP contribution is 2.24. The second-order valence-electron chi connectivity index (χ2n) is 2.44. The van der Waals surface area contributed by atoms with E-state index < -0.39 is 0 Å². The standard InChI is InChI=1S/C9H12ClNO/c1-2-7-12-9-6-4-3-5-8(9)11-10/h3-6,11H,2,7H2,1H3. The summed E-state index contributed by atoms with van der Waals surface area (Å²) in [6.45, 7) is 2.78. The third kappa shape index (κ3) is 2.31. The minimum atomic E-state index is 0.718. The Hall–Kier alpha value is -0.890. The van der Waals surface area contributed by atoms with E-state index in [1.807, 2.05) is 24.3 Å². The molecule has 1 rings (SSSR count). The van der Waals surface area contributed by atoms with E-state index in [0.717, 1.165) is 24.5 Å². The Morgan fingerprint density at radius 2 is 2.17 bits per heavy atom. The summed E-state index contributed by atoms with van der Waals surface area (Å²) in [5, 5.41) is 0. The molecule has 12 heavy (non-hydrogen) atoms.